The molecule has 3 unspecified atom stereocenters. The summed E-state index contributed by atoms with van der Waals surface area (Å²) in [6.45, 7) is 12.4. The highest BCUT2D eigenvalue weighted by molar-refractivity contribution is 5.84. The fourth-order valence-electron chi connectivity index (χ4n) is 1.86. The number of nitrogens with one attached hydrogen (secondary N) is 3. The van der Waals surface area contributed by atoms with Gasteiger partial charge >= 0.3 is 0 Å². The van der Waals surface area contributed by atoms with Crippen LogP contribution in [0.4, 0.5) is 0 Å². The molecule has 0 aromatic rings. The third-order valence-electron chi connectivity index (χ3n) is 3.08. The number of carbonyl (C=O) groups is 2. The monoisotopic (exact) mass is 285 g/mol. The number of amides is 2. The first-order valence-corrected chi connectivity index (χ1v) is 7.62. The van der Waals surface area contributed by atoms with Crippen LogP contribution < -0.4 is 16.0 Å². The first-order valence-electron chi connectivity index (χ1n) is 7.62. The lowest BCUT2D eigenvalue weighted by molar-refractivity contribution is -0.125. The van der Waals surface area contributed by atoms with E-state index < -0.39 is 0 Å². The maximum Gasteiger partial charge on any atom is 0.237 e. The molecule has 118 valence electrons. The summed E-state index contributed by atoms with van der Waals surface area (Å²) in [5, 5.41) is 8.82. The quantitative estimate of drug-likeness (QED) is 0.600. The van der Waals surface area contributed by atoms with Gasteiger partial charge in [-0.1, -0.05) is 27.2 Å². The van der Waals surface area contributed by atoms with E-state index in [9.17, 15) is 9.59 Å². The molecule has 5 nitrogen and oxygen atoms in total. The molecule has 0 aromatic carbocycles. The zero-order chi connectivity index (χ0) is 15.7. The molecule has 0 fully saturated rings. The van der Waals surface area contributed by atoms with Gasteiger partial charge in [-0.15, -0.1) is 0 Å². The van der Waals surface area contributed by atoms with Gasteiger partial charge < -0.3 is 10.6 Å². The minimum Gasteiger partial charge on any atom is -0.354 e. The van der Waals surface area contributed by atoms with Crippen molar-refractivity contribution in [2.45, 2.75) is 72.5 Å². The van der Waals surface area contributed by atoms with Crippen LogP contribution in [-0.4, -0.2) is 36.5 Å². The Labute approximate surface area is 123 Å². The Kier molecular flexibility index (Phi) is 9.21. The van der Waals surface area contributed by atoms with Gasteiger partial charge in [0.25, 0.3) is 0 Å². The van der Waals surface area contributed by atoms with Crippen LogP contribution in [0.15, 0.2) is 0 Å². The van der Waals surface area contributed by atoms with E-state index in [-0.39, 0.29) is 29.9 Å². The van der Waals surface area contributed by atoms with Crippen LogP contribution >= 0.6 is 0 Å². The van der Waals surface area contributed by atoms with Crippen molar-refractivity contribution in [2.24, 2.45) is 5.92 Å². The normalized spacial score (nSPS) is 15.6. The molecule has 0 saturated carbocycles. The van der Waals surface area contributed by atoms with Crippen LogP contribution in [0.3, 0.4) is 0 Å². The maximum atomic E-state index is 11.9. The second-order valence-electron chi connectivity index (χ2n) is 5.95. The van der Waals surface area contributed by atoms with Gasteiger partial charge in [-0.05, 0) is 33.1 Å². The lowest BCUT2D eigenvalue weighted by Gasteiger charge is -2.21. The molecule has 0 heterocycles. The average molecular weight is 285 g/mol. The van der Waals surface area contributed by atoms with E-state index in [2.05, 4.69) is 22.9 Å². The largest absolute Gasteiger partial charge is 0.354 e. The summed E-state index contributed by atoms with van der Waals surface area (Å²) in [6, 6.07) is -0.591. The molecule has 0 aliphatic rings. The number of carbonyl (C=O) groups excluding carboxylic acids is 2. The highest BCUT2D eigenvalue weighted by Gasteiger charge is 2.20. The highest BCUT2D eigenvalue weighted by atomic mass is 16.2. The Balaban J connectivity index is 4.13. The van der Waals surface area contributed by atoms with Crippen molar-refractivity contribution >= 4 is 11.8 Å². The molecule has 0 saturated heterocycles. The zero-order valence-electron chi connectivity index (χ0n) is 13.7. The van der Waals surface area contributed by atoms with Crippen LogP contribution in [0, 0.1) is 5.92 Å². The van der Waals surface area contributed by atoms with Crippen molar-refractivity contribution in [3.05, 3.63) is 0 Å². The molecule has 0 rings (SSSR count). The van der Waals surface area contributed by atoms with E-state index in [1.165, 1.54) is 0 Å². The third-order valence-corrected chi connectivity index (χ3v) is 3.08. The summed E-state index contributed by atoms with van der Waals surface area (Å²) >= 11 is 0. The lowest BCUT2D eigenvalue weighted by atomic mass is 10.1. The van der Waals surface area contributed by atoms with Gasteiger partial charge in [0.2, 0.25) is 11.8 Å². The van der Waals surface area contributed by atoms with Gasteiger partial charge in [0.05, 0.1) is 12.1 Å². The molecule has 2 amide bonds. The topological polar surface area (TPSA) is 70.2 Å². The summed E-state index contributed by atoms with van der Waals surface area (Å²) in [7, 11) is 0. The summed E-state index contributed by atoms with van der Waals surface area (Å²) in [5.41, 5.74) is 0. The van der Waals surface area contributed by atoms with Crippen LogP contribution in [0.25, 0.3) is 0 Å². The lowest BCUT2D eigenvalue weighted by Crippen LogP contribution is -2.52. The molecule has 3 atom stereocenters. The molecule has 0 bridgehead atoms. The Morgan fingerprint density at radius 2 is 1.50 bits per heavy atom. The number of hydrogen-bond donors (Lipinski definition) is 3. The average Bonchev–Trinajstić information content (AvgIpc) is 2.35. The summed E-state index contributed by atoms with van der Waals surface area (Å²) in [4.78, 5) is 23.8. The second kappa shape index (κ2) is 9.75. The first-order chi connectivity index (χ1) is 9.27. The SMILES string of the molecule is CCCC(C)NC(=O)C(C)NC(C)C(=O)NCC(C)C. The molecule has 0 aromatic heterocycles. The molecule has 0 spiro atoms. The molecule has 3 N–H and O–H groups in total. The van der Waals surface area contributed by atoms with Gasteiger partial charge in [-0.3, -0.25) is 14.9 Å². The van der Waals surface area contributed by atoms with E-state index in [1.54, 1.807) is 13.8 Å². The molecule has 20 heavy (non-hydrogen) atoms. The Hall–Kier alpha value is -1.10. The van der Waals surface area contributed by atoms with E-state index in [0.717, 1.165) is 12.8 Å². The number of hydrogen-bond acceptors (Lipinski definition) is 3. The minimum absolute atomic E-state index is 0.0607. The maximum absolute atomic E-state index is 11.9. The van der Waals surface area contributed by atoms with E-state index in [4.69, 9.17) is 0 Å². The Bertz CT molecular complexity index is 305. The second-order valence-corrected chi connectivity index (χ2v) is 5.95. The summed E-state index contributed by atoms with van der Waals surface area (Å²) in [6.07, 6.45) is 2.00. The summed E-state index contributed by atoms with van der Waals surface area (Å²) in [5.74, 6) is 0.288. The molecule has 5 heteroatoms. The van der Waals surface area contributed by atoms with Gasteiger partial charge in [-0.2, -0.15) is 0 Å². The molecular weight excluding hydrogens is 254 g/mol. The smallest absolute Gasteiger partial charge is 0.237 e. The van der Waals surface area contributed by atoms with Crippen molar-refractivity contribution in [3.63, 3.8) is 0 Å². The zero-order valence-corrected chi connectivity index (χ0v) is 13.7. The predicted octanol–water partition coefficient (Wildman–Crippen LogP) is 1.43. The van der Waals surface area contributed by atoms with Crippen molar-refractivity contribution in [1.82, 2.24) is 16.0 Å². The Morgan fingerprint density at radius 3 is 2.00 bits per heavy atom. The molecule has 0 aliphatic carbocycles. The number of rotatable bonds is 9. The van der Waals surface area contributed by atoms with Crippen molar-refractivity contribution in [1.29, 1.82) is 0 Å². The van der Waals surface area contributed by atoms with Crippen LogP contribution in [-0.2, 0) is 9.59 Å². The van der Waals surface area contributed by atoms with Crippen LogP contribution in [0.1, 0.15) is 54.4 Å². The van der Waals surface area contributed by atoms with Crippen molar-refractivity contribution in [2.75, 3.05) is 6.54 Å². The minimum atomic E-state index is -0.380. The first kappa shape index (κ1) is 18.9. The van der Waals surface area contributed by atoms with Crippen LogP contribution in [0.2, 0.25) is 0 Å². The van der Waals surface area contributed by atoms with Gasteiger partial charge in [0.1, 0.15) is 0 Å². The van der Waals surface area contributed by atoms with Crippen molar-refractivity contribution in [3.8, 4) is 0 Å². The van der Waals surface area contributed by atoms with Crippen molar-refractivity contribution < 1.29 is 9.59 Å². The standard InChI is InChI=1S/C15H31N3O2/c1-7-8-11(4)17-15(20)13(6)18-12(5)14(19)16-9-10(2)3/h10-13,18H,7-9H2,1-6H3,(H,16,19)(H,17,20). The van der Waals surface area contributed by atoms with Crippen LogP contribution in [0.5, 0.6) is 0 Å². The molecule has 0 aliphatic heterocycles. The van der Waals surface area contributed by atoms with E-state index in [1.807, 2.05) is 20.8 Å². The summed E-state index contributed by atoms with van der Waals surface area (Å²) < 4.78 is 0. The third kappa shape index (κ3) is 8.15. The van der Waals surface area contributed by atoms with E-state index in [0.29, 0.717) is 12.5 Å². The Morgan fingerprint density at radius 1 is 0.950 bits per heavy atom. The van der Waals surface area contributed by atoms with Gasteiger partial charge in [-0.25, -0.2) is 0 Å². The molecule has 0 radical (unpaired) electrons. The van der Waals surface area contributed by atoms with Gasteiger partial charge in [0, 0.05) is 12.6 Å². The fraction of sp³-hybridized carbons (Fsp3) is 0.867. The fourth-order valence-corrected chi connectivity index (χ4v) is 1.86. The van der Waals surface area contributed by atoms with E-state index >= 15 is 0 Å². The highest BCUT2D eigenvalue weighted by Crippen LogP contribution is 1.97. The van der Waals surface area contributed by atoms with Gasteiger partial charge in [0.15, 0.2) is 0 Å². The molecular formula is C15H31N3O2. The predicted molar refractivity (Wildman–Crippen MR) is 82.4 cm³/mol.